The van der Waals surface area contributed by atoms with Gasteiger partial charge in [0.2, 0.25) is 0 Å². The van der Waals surface area contributed by atoms with Crippen LogP contribution in [-0.4, -0.2) is 46.9 Å². The molecule has 0 bridgehead atoms. The number of piperidine rings is 1. The fourth-order valence-electron chi connectivity index (χ4n) is 4.80. The number of benzene rings is 1. The van der Waals surface area contributed by atoms with E-state index < -0.39 is 0 Å². The highest BCUT2D eigenvalue weighted by Gasteiger charge is 2.43. The molecule has 1 aromatic carbocycles. The molecule has 4 nitrogen and oxygen atoms in total. The zero-order valence-electron chi connectivity index (χ0n) is 17.1. The molecule has 28 heavy (non-hydrogen) atoms. The van der Waals surface area contributed by atoms with Gasteiger partial charge in [-0.3, -0.25) is 14.7 Å². The van der Waals surface area contributed by atoms with E-state index in [-0.39, 0.29) is 11.3 Å². The lowest BCUT2D eigenvalue weighted by molar-refractivity contribution is 0.0671. The van der Waals surface area contributed by atoms with E-state index in [0.717, 1.165) is 39.1 Å². The Hall–Kier alpha value is -2.20. The lowest BCUT2D eigenvalue weighted by Gasteiger charge is -2.40. The summed E-state index contributed by atoms with van der Waals surface area (Å²) in [6.45, 7) is 9.45. The van der Waals surface area contributed by atoms with Crippen LogP contribution >= 0.6 is 0 Å². The van der Waals surface area contributed by atoms with Crippen molar-refractivity contribution in [3.63, 3.8) is 0 Å². The van der Waals surface area contributed by atoms with Gasteiger partial charge >= 0.3 is 0 Å². The first-order valence-corrected chi connectivity index (χ1v) is 10.6. The minimum absolute atomic E-state index is 0.0823. The average Bonchev–Trinajstić information content (AvgIpc) is 3.11. The van der Waals surface area contributed by atoms with Gasteiger partial charge < -0.3 is 4.90 Å². The smallest absolute Gasteiger partial charge is 0.272 e. The third-order valence-corrected chi connectivity index (χ3v) is 6.40. The predicted octanol–water partition coefficient (Wildman–Crippen LogP) is 4.33. The molecule has 1 spiro atoms. The van der Waals surface area contributed by atoms with Gasteiger partial charge in [0.25, 0.3) is 5.91 Å². The summed E-state index contributed by atoms with van der Waals surface area (Å²) in [7, 11) is 0. The number of rotatable bonds is 4. The highest BCUT2D eigenvalue weighted by molar-refractivity contribution is 5.92. The van der Waals surface area contributed by atoms with E-state index in [2.05, 4.69) is 48.0 Å². The highest BCUT2D eigenvalue weighted by Crippen LogP contribution is 2.39. The first kappa shape index (κ1) is 19.1. The number of hydrogen-bond donors (Lipinski definition) is 0. The normalized spacial score (nSPS) is 22.9. The van der Waals surface area contributed by atoms with Crippen LogP contribution in [0.25, 0.3) is 0 Å². The number of nitrogens with zero attached hydrogens (tertiary/aromatic N) is 3. The van der Waals surface area contributed by atoms with E-state index >= 15 is 0 Å². The zero-order chi connectivity index (χ0) is 19.6. The summed E-state index contributed by atoms with van der Waals surface area (Å²) in [6, 6.07) is 14.7. The Bertz CT molecular complexity index is 802. The van der Waals surface area contributed by atoms with E-state index in [1.165, 1.54) is 24.0 Å². The zero-order valence-corrected chi connectivity index (χ0v) is 17.1. The quantitative estimate of drug-likeness (QED) is 0.796. The number of pyridine rings is 1. The summed E-state index contributed by atoms with van der Waals surface area (Å²) in [5, 5.41) is 0. The van der Waals surface area contributed by atoms with Gasteiger partial charge in [-0.1, -0.05) is 44.2 Å². The van der Waals surface area contributed by atoms with Gasteiger partial charge in [-0.15, -0.1) is 0 Å². The second-order valence-electron chi connectivity index (χ2n) is 8.90. The van der Waals surface area contributed by atoms with Crippen LogP contribution < -0.4 is 0 Å². The van der Waals surface area contributed by atoms with Crippen LogP contribution in [0.5, 0.6) is 0 Å². The van der Waals surface area contributed by atoms with Crippen molar-refractivity contribution >= 4 is 5.91 Å². The molecule has 148 valence electrons. The Morgan fingerprint density at radius 1 is 1.07 bits per heavy atom. The molecule has 4 heteroatoms. The molecule has 1 atom stereocenters. The highest BCUT2D eigenvalue weighted by atomic mass is 16.2. The van der Waals surface area contributed by atoms with Gasteiger partial charge in [-0.25, -0.2) is 0 Å². The summed E-state index contributed by atoms with van der Waals surface area (Å²) in [6.07, 6.45) is 5.25. The SMILES string of the molecule is CC(C)c1ccc(CN2CCCC3(CCN(C(=O)c4ccccn4)C3)C2)cc1. The Kier molecular flexibility index (Phi) is 5.49. The fraction of sp³-hybridized carbons (Fsp3) is 0.500. The molecular formula is C24H31N3O. The van der Waals surface area contributed by atoms with Crippen LogP contribution in [0.4, 0.5) is 0 Å². The molecule has 0 radical (unpaired) electrons. The molecule has 2 fully saturated rings. The van der Waals surface area contributed by atoms with Crippen LogP contribution in [0.15, 0.2) is 48.7 Å². The molecule has 1 unspecified atom stereocenters. The Balaban J connectivity index is 1.39. The van der Waals surface area contributed by atoms with Crippen molar-refractivity contribution in [3.05, 3.63) is 65.5 Å². The van der Waals surface area contributed by atoms with E-state index in [1.54, 1.807) is 6.20 Å². The summed E-state index contributed by atoms with van der Waals surface area (Å²) in [4.78, 5) is 21.6. The minimum atomic E-state index is 0.0823. The fourth-order valence-corrected chi connectivity index (χ4v) is 4.80. The van der Waals surface area contributed by atoms with Crippen LogP contribution in [-0.2, 0) is 6.54 Å². The summed E-state index contributed by atoms with van der Waals surface area (Å²) in [5.41, 5.74) is 3.61. The van der Waals surface area contributed by atoms with Gasteiger partial charge in [0.1, 0.15) is 5.69 Å². The first-order valence-electron chi connectivity index (χ1n) is 10.6. The molecule has 0 saturated carbocycles. The summed E-state index contributed by atoms with van der Waals surface area (Å²) in [5.74, 6) is 0.660. The number of likely N-dealkylation sites (tertiary alicyclic amines) is 2. The third kappa shape index (κ3) is 4.12. The molecule has 2 aliphatic heterocycles. The van der Waals surface area contributed by atoms with Gasteiger partial charge in [0.05, 0.1) is 0 Å². The molecule has 0 N–H and O–H groups in total. The maximum absolute atomic E-state index is 12.8. The van der Waals surface area contributed by atoms with Gasteiger partial charge in [0, 0.05) is 37.8 Å². The van der Waals surface area contributed by atoms with Crippen molar-refractivity contribution < 1.29 is 4.79 Å². The van der Waals surface area contributed by atoms with Gasteiger partial charge in [0.15, 0.2) is 0 Å². The number of amides is 1. The van der Waals surface area contributed by atoms with Crippen LogP contribution in [0, 0.1) is 5.41 Å². The second-order valence-corrected chi connectivity index (χ2v) is 8.90. The molecular weight excluding hydrogens is 346 g/mol. The summed E-state index contributed by atoms with van der Waals surface area (Å²) >= 11 is 0. The number of hydrogen-bond acceptors (Lipinski definition) is 3. The number of carbonyl (C=O) groups excluding carboxylic acids is 1. The minimum Gasteiger partial charge on any atom is -0.337 e. The predicted molar refractivity (Wildman–Crippen MR) is 112 cm³/mol. The first-order chi connectivity index (χ1) is 13.5. The largest absolute Gasteiger partial charge is 0.337 e. The van der Waals surface area contributed by atoms with Gasteiger partial charge in [-0.2, -0.15) is 0 Å². The molecule has 1 amide bonds. The van der Waals surface area contributed by atoms with Crippen LogP contribution in [0.1, 0.15) is 60.6 Å². The summed E-state index contributed by atoms with van der Waals surface area (Å²) < 4.78 is 0. The van der Waals surface area contributed by atoms with Crippen molar-refractivity contribution in [2.75, 3.05) is 26.2 Å². The van der Waals surface area contributed by atoms with E-state index in [9.17, 15) is 4.79 Å². The molecule has 3 heterocycles. The van der Waals surface area contributed by atoms with E-state index in [0.29, 0.717) is 11.6 Å². The molecule has 0 aliphatic carbocycles. The van der Waals surface area contributed by atoms with Crippen molar-refractivity contribution in [2.45, 2.75) is 45.6 Å². The Morgan fingerprint density at radius 2 is 1.89 bits per heavy atom. The van der Waals surface area contributed by atoms with Crippen molar-refractivity contribution in [1.82, 2.24) is 14.8 Å². The lowest BCUT2D eigenvalue weighted by atomic mass is 9.79. The van der Waals surface area contributed by atoms with E-state index in [4.69, 9.17) is 0 Å². The second kappa shape index (κ2) is 8.04. The standard InChI is InChI=1S/C24H31N3O/c1-19(2)21-9-7-20(8-10-21)16-26-14-5-11-24(17-26)12-15-27(18-24)23(28)22-6-3-4-13-25-22/h3-4,6-10,13,19H,5,11-12,14-18H2,1-2H3. The maximum Gasteiger partial charge on any atom is 0.272 e. The van der Waals surface area contributed by atoms with Gasteiger partial charge in [-0.05, 0) is 55.0 Å². The number of carbonyl (C=O) groups is 1. The maximum atomic E-state index is 12.8. The Labute approximate surface area is 168 Å². The van der Waals surface area contributed by atoms with Crippen molar-refractivity contribution in [2.24, 2.45) is 5.41 Å². The van der Waals surface area contributed by atoms with Crippen LogP contribution in [0.2, 0.25) is 0 Å². The molecule has 1 aromatic heterocycles. The third-order valence-electron chi connectivity index (χ3n) is 6.40. The topological polar surface area (TPSA) is 36.4 Å². The average molecular weight is 378 g/mol. The lowest BCUT2D eigenvalue weighted by Crippen LogP contribution is -2.45. The Morgan fingerprint density at radius 3 is 2.61 bits per heavy atom. The molecule has 2 saturated heterocycles. The monoisotopic (exact) mass is 377 g/mol. The molecule has 2 aromatic rings. The molecule has 4 rings (SSSR count). The van der Waals surface area contributed by atoms with Crippen molar-refractivity contribution in [3.8, 4) is 0 Å². The van der Waals surface area contributed by atoms with Crippen LogP contribution in [0.3, 0.4) is 0 Å². The number of aromatic nitrogens is 1. The molecule has 2 aliphatic rings. The van der Waals surface area contributed by atoms with E-state index in [1.807, 2.05) is 23.1 Å². The van der Waals surface area contributed by atoms with Crippen molar-refractivity contribution in [1.29, 1.82) is 0 Å².